The van der Waals surface area contributed by atoms with Crippen molar-refractivity contribution in [3.8, 4) is 44.5 Å². The van der Waals surface area contributed by atoms with E-state index in [1.165, 1.54) is 76.8 Å². The molecule has 0 atom stereocenters. The largest absolute Gasteiger partial charge is 0.0622 e. The first-order chi connectivity index (χ1) is 20.8. The second-order valence-corrected chi connectivity index (χ2v) is 11.0. The van der Waals surface area contributed by atoms with Crippen LogP contribution in [0.3, 0.4) is 0 Å². The molecule has 0 radical (unpaired) electrons. The van der Waals surface area contributed by atoms with Gasteiger partial charge in [-0.25, -0.2) is 0 Å². The quantitative estimate of drug-likeness (QED) is 0.198. The van der Waals surface area contributed by atoms with Gasteiger partial charge in [-0.05, 0) is 101 Å². The van der Waals surface area contributed by atoms with E-state index in [0.717, 1.165) is 0 Å². The molecular weight excluding hydrogens is 504 g/mol. The molecule has 0 aliphatic heterocycles. The van der Waals surface area contributed by atoms with Crippen molar-refractivity contribution in [3.63, 3.8) is 0 Å². The minimum Gasteiger partial charge on any atom is -0.0622 e. The van der Waals surface area contributed by atoms with E-state index in [-0.39, 0.29) is 0 Å². The van der Waals surface area contributed by atoms with Crippen LogP contribution < -0.4 is 0 Å². The fourth-order valence-corrected chi connectivity index (χ4v) is 6.35. The van der Waals surface area contributed by atoms with Crippen LogP contribution in [0.2, 0.25) is 0 Å². The van der Waals surface area contributed by atoms with Crippen LogP contribution in [0.15, 0.2) is 170 Å². The summed E-state index contributed by atoms with van der Waals surface area (Å²) in [4.78, 5) is 0. The van der Waals surface area contributed by atoms with Crippen molar-refractivity contribution >= 4 is 32.3 Å². The Kier molecular flexibility index (Phi) is 5.90. The standard InChI is InChI=1S/C42H28/c1-3-11-29(12-4-1)32-15-9-17-34(25-32)35-23-21-31-22-24-37-28-40(38-19-7-8-20-39(38)42(37)41(31)27-35)36-18-10-16-33(26-36)30-13-5-2-6-14-30/h1-28H. The van der Waals surface area contributed by atoms with Gasteiger partial charge in [0.15, 0.2) is 0 Å². The second-order valence-electron chi connectivity index (χ2n) is 11.0. The summed E-state index contributed by atoms with van der Waals surface area (Å²) in [5.74, 6) is 0. The van der Waals surface area contributed by atoms with Gasteiger partial charge in [-0.3, -0.25) is 0 Å². The summed E-state index contributed by atoms with van der Waals surface area (Å²) in [5, 5.41) is 7.68. The summed E-state index contributed by atoms with van der Waals surface area (Å²) in [6, 6.07) is 61.7. The van der Waals surface area contributed by atoms with E-state index in [2.05, 4.69) is 170 Å². The first-order valence-electron chi connectivity index (χ1n) is 14.5. The van der Waals surface area contributed by atoms with E-state index in [9.17, 15) is 0 Å². The van der Waals surface area contributed by atoms with Crippen LogP contribution in [-0.4, -0.2) is 0 Å². The lowest BCUT2D eigenvalue weighted by molar-refractivity contribution is 1.60. The number of hydrogen-bond acceptors (Lipinski definition) is 0. The van der Waals surface area contributed by atoms with Gasteiger partial charge in [-0.15, -0.1) is 0 Å². The Bertz CT molecular complexity index is 2220. The molecule has 0 heterocycles. The number of benzene rings is 8. The van der Waals surface area contributed by atoms with Crippen molar-refractivity contribution in [1.29, 1.82) is 0 Å². The maximum atomic E-state index is 2.38. The van der Waals surface area contributed by atoms with Crippen molar-refractivity contribution in [2.45, 2.75) is 0 Å². The Morgan fingerprint density at radius 2 is 0.714 bits per heavy atom. The van der Waals surface area contributed by atoms with Crippen molar-refractivity contribution in [2.75, 3.05) is 0 Å². The third-order valence-corrected chi connectivity index (χ3v) is 8.42. The molecule has 42 heavy (non-hydrogen) atoms. The molecule has 0 N–H and O–H groups in total. The molecule has 0 amide bonds. The van der Waals surface area contributed by atoms with E-state index in [4.69, 9.17) is 0 Å². The highest BCUT2D eigenvalue weighted by molar-refractivity contribution is 6.23. The van der Waals surface area contributed by atoms with E-state index >= 15 is 0 Å². The highest BCUT2D eigenvalue weighted by atomic mass is 14.2. The Morgan fingerprint density at radius 3 is 1.40 bits per heavy atom. The first kappa shape index (κ1) is 24.3. The zero-order chi connectivity index (χ0) is 27.9. The van der Waals surface area contributed by atoms with Gasteiger partial charge in [0.2, 0.25) is 0 Å². The molecule has 0 saturated heterocycles. The third kappa shape index (κ3) is 4.26. The highest BCUT2D eigenvalue weighted by Gasteiger charge is 2.13. The Morgan fingerprint density at radius 1 is 0.238 bits per heavy atom. The van der Waals surface area contributed by atoms with E-state index in [1.807, 2.05) is 0 Å². The van der Waals surface area contributed by atoms with E-state index < -0.39 is 0 Å². The van der Waals surface area contributed by atoms with Gasteiger partial charge in [0.25, 0.3) is 0 Å². The lowest BCUT2D eigenvalue weighted by atomic mass is 9.89. The maximum Gasteiger partial charge on any atom is -0.00262 e. The van der Waals surface area contributed by atoms with Crippen LogP contribution in [0.4, 0.5) is 0 Å². The fourth-order valence-electron chi connectivity index (χ4n) is 6.35. The van der Waals surface area contributed by atoms with Crippen LogP contribution in [0.25, 0.3) is 76.8 Å². The van der Waals surface area contributed by atoms with Crippen LogP contribution >= 0.6 is 0 Å². The van der Waals surface area contributed by atoms with Gasteiger partial charge in [-0.2, -0.15) is 0 Å². The molecule has 0 bridgehead atoms. The monoisotopic (exact) mass is 532 g/mol. The molecule has 8 aromatic rings. The summed E-state index contributed by atoms with van der Waals surface area (Å²) in [6.07, 6.45) is 0. The molecule has 8 aromatic carbocycles. The molecule has 0 unspecified atom stereocenters. The second kappa shape index (κ2) is 10.2. The Balaban J connectivity index is 1.32. The van der Waals surface area contributed by atoms with Gasteiger partial charge >= 0.3 is 0 Å². The molecule has 0 fully saturated rings. The molecule has 0 heteroatoms. The summed E-state index contributed by atoms with van der Waals surface area (Å²) < 4.78 is 0. The topological polar surface area (TPSA) is 0 Å². The minimum absolute atomic E-state index is 1.23. The average molecular weight is 533 g/mol. The van der Waals surface area contributed by atoms with Crippen LogP contribution in [0, 0.1) is 0 Å². The van der Waals surface area contributed by atoms with Crippen molar-refractivity contribution in [1.82, 2.24) is 0 Å². The smallest absolute Gasteiger partial charge is 0.00262 e. The average Bonchev–Trinajstić information content (AvgIpc) is 3.08. The Hall–Kier alpha value is -5.46. The van der Waals surface area contributed by atoms with Gasteiger partial charge < -0.3 is 0 Å². The van der Waals surface area contributed by atoms with Crippen molar-refractivity contribution in [2.24, 2.45) is 0 Å². The molecule has 0 aliphatic carbocycles. The highest BCUT2D eigenvalue weighted by Crippen LogP contribution is 2.40. The Labute approximate surface area is 246 Å². The third-order valence-electron chi connectivity index (χ3n) is 8.42. The normalized spacial score (nSPS) is 11.3. The summed E-state index contributed by atoms with van der Waals surface area (Å²) >= 11 is 0. The lowest BCUT2D eigenvalue weighted by Gasteiger charge is -2.15. The molecule has 0 aliphatic rings. The van der Waals surface area contributed by atoms with Crippen LogP contribution in [-0.2, 0) is 0 Å². The predicted molar refractivity (Wildman–Crippen MR) is 181 cm³/mol. The van der Waals surface area contributed by atoms with Crippen LogP contribution in [0.5, 0.6) is 0 Å². The fraction of sp³-hybridized carbons (Fsp3) is 0. The molecule has 0 nitrogen and oxygen atoms in total. The van der Waals surface area contributed by atoms with E-state index in [1.54, 1.807) is 0 Å². The van der Waals surface area contributed by atoms with Crippen LogP contribution in [0.1, 0.15) is 0 Å². The lowest BCUT2D eigenvalue weighted by Crippen LogP contribution is -1.88. The zero-order valence-corrected chi connectivity index (χ0v) is 23.2. The maximum absolute atomic E-state index is 2.38. The van der Waals surface area contributed by atoms with Gasteiger partial charge in [0.05, 0.1) is 0 Å². The van der Waals surface area contributed by atoms with Crippen molar-refractivity contribution < 1.29 is 0 Å². The summed E-state index contributed by atoms with van der Waals surface area (Å²) in [6.45, 7) is 0. The summed E-state index contributed by atoms with van der Waals surface area (Å²) in [7, 11) is 0. The minimum atomic E-state index is 1.23. The molecular formula is C42H28. The van der Waals surface area contributed by atoms with Crippen molar-refractivity contribution in [3.05, 3.63) is 170 Å². The van der Waals surface area contributed by atoms with Gasteiger partial charge in [0, 0.05) is 0 Å². The predicted octanol–water partition coefficient (Wildman–Crippen LogP) is 11.8. The number of hydrogen-bond donors (Lipinski definition) is 0. The first-order valence-corrected chi connectivity index (χ1v) is 14.5. The molecule has 8 rings (SSSR count). The van der Waals surface area contributed by atoms with E-state index in [0.29, 0.717) is 0 Å². The number of fused-ring (bicyclic) bond motifs is 5. The van der Waals surface area contributed by atoms with Gasteiger partial charge in [0.1, 0.15) is 0 Å². The summed E-state index contributed by atoms with van der Waals surface area (Å²) in [5.41, 5.74) is 9.91. The molecule has 0 saturated carbocycles. The SMILES string of the molecule is c1ccc(-c2cccc(-c3ccc4ccc5cc(-c6cccc(-c7ccccc7)c6)c6ccccc6c5c4c3)c2)cc1. The van der Waals surface area contributed by atoms with Gasteiger partial charge in [-0.1, -0.05) is 146 Å². The molecule has 196 valence electrons. The number of rotatable bonds is 4. The zero-order valence-electron chi connectivity index (χ0n) is 23.2. The molecule has 0 aromatic heterocycles. The molecule has 0 spiro atoms.